The zero-order chi connectivity index (χ0) is 15.1. The van der Waals surface area contributed by atoms with Crippen LogP contribution in [0.4, 0.5) is 4.79 Å². The summed E-state index contributed by atoms with van der Waals surface area (Å²) in [6.45, 7) is 5.22. The van der Waals surface area contributed by atoms with Gasteiger partial charge in [0.1, 0.15) is 5.75 Å². The second-order valence-electron chi connectivity index (χ2n) is 3.87. The molecule has 0 radical (unpaired) electrons. The van der Waals surface area contributed by atoms with Gasteiger partial charge in [-0.2, -0.15) is 0 Å². The fourth-order valence-electron chi connectivity index (χ4n) is 1.38. The molecule has 0 bridgehead atoms. The Kier molecular flexibility index (Phi) is 6.54. The first-order valence-electron chi connectivity index (χ1n) is 5.71. The van der Waals surface area contributed by atoms with Gasteiger partial charge in [0.2, 0.25) is 0 Å². The summed E-state index contributed by atoms with van der Waals surface area (Å²) in [5.74, 6) is -0.151. The van der Waals surface area contributed by atoms with Gasteiger partial charge in [0.25, 0.3) is 5.91 Å². The quantitative estimate of drug-likeness (QED) is 0.793. The lowest BCUT2D eigenvalue weighted by Crippen LogP contribution is -2.41. The topological polar surface area (TPSA) is 67.4 Å². The summed E-state index contributed by atoms with van der Waals surface area (Å²) in [5.41, 5.74) is 0.785. The molecule has 20 heavy (non-hydrogen) atoms. The SMILES string of the molecule is C=CCNC(=O)NC(=O)COc1c(C)cc(Br)cc1Cl. The lowest BCUT2D eigenvalue weighted by Gasteiger charge is -2.11. The maximum absolute atomic E-state index is 11.5. The Morgan fingerprint density at radius 2 is 2.20 bits per heavy atom. The first-order chi connectivity index (χ1) is 9.43. The van der Waals surface area contributed by atoms with E-state index in [0.29, 0.717) is 10.8 Å². The van der Waals surface area contributed by atoms with Crippen LogP contribution in [0.1, 0.15) is 5.56 Å². The Bertz CT molecular complexity index is 511. The highest BCUT2D eigenvalue weighted by molar-refractivity contribution is 9.10. The highest BCUT2D eigenvalue weighted by Gasteiger charge is 2.11. The van der Waals surface area contributed by atoms with Crippen LogP contribution in [0.15, 0.2) is 29.3 Å². The van der Waals surface area contributed by atoms with Crippen molar-refractivity contribution in [3.8, 4) is 5.75 Å². The van der Waals surface area contributed by atoms with Crippen molar-refractivity contribution in [2.45, 2.75) is 6.92 Å². The van der Waals surface area contributed by atoms with Gasteiger partial charge < -0.3 is 10.1 Å². The molecule has 0 saturated carbocycles. The third-order valence-electron chi connectivity index (χ3n) is 2.20. The number of ether oxygens (including phenoxy) is 1. The monoisotopic (exact) mass is 360 g/mol. The summed E-state index contributed by atoms with van der Waals surface area (Å²) in [6, 6.07) is 2.88. The van der Waals surface area contributed by atoms with E-state index in [0.717, 1.165) is 10.0 Å². The van der Waals surface area contributed by atoms with Gasteiger partial charge in [0.15, 0.2) is 6.61 Å². The predicted molar refractivity (Wildman–Crippen MR) is 81.1 cm³/mol. The molecule has 5 nitrogen and oxygen atoms in total. The van der Waals surface area contributed by atoms with Crippen LogP contribution in [0.25, 0.3) is 0 Å². The van der Waals surface area contributed by atoms with E-state index in [4.69, 9.17) is 16.3 Å². The molecule has 108 valence electrons. The van der Waals surface area contributed by atoms with E-state index in [1.165, 1.54) is 6.08 Å². The number of halogens is 2. The van der Waals surface area contributed by atoms with Crippen LogP contribution in [0.2, 0.25) is 5.02 Å². The molecule has 0 aromatic heterocycles. The molecule has 0 fully saturated rings. The Labute approximate surface area is 130 Å². The third kappa shape index (κ3) is 5.22. The zero-order valence-electron chi connectivity index (χ0n) is 10.8. The van der Waals surface area contributed by atoms with Gasteiger partial charge in [-0.25, -0.2) is 4.79 Å². The summed E-state index contributed by atoms with van der Waals surface area (Å²) in [6.07, 6.45) is 1.51. The molecule has 1 aromatic rings. The Hall–Kier alpha value is -1.53. The Morgan fingerprint density at radius 1 is 1.50 bits per heavy atom. The predicted octanol–water partition coefficient (Wildman–Crippen LogP) is 2.80. The van der Waals surface area contributed by atoms with Gasteiger partial charge in [-0.1, -0.05) is 33.6 Å². The van der Waals surface area contributed by atoms with E-state index < -0.39 is 11.9 Å². The number of urea groups is 1. The minimum absolute atomic E-state index is 0.275. The fourth-order valence-corrected chi connectivity index (χ4v) is 2.41. The Morgan fingerprint density at radius 3 is 2.80 bits per heavy atom. The average Bonchev–Trinajstić information content (AvgIpc) is 2.34. The smallest absolute Gasteiger partial charge is 0.321 e. The number of nitrogens with one attached hydrogen (secondary N) is 2. The summed E-state index contributed by atoms with van der Waals surface area (Å²) in [5, 5.41) is 4.93. The normalized spacial score (nSPS) is 9.75. The van der Waals surface area contributed by atoms with Crippen molar-refractivity contribution >= 4 is 39.5 Å². The fraction of sp³-hybridized carbons (Fsp3) is 0.231. The van der Waals surface area contributed by atoms with Crippen molar-refractivity contribution in [3.05, 3.63) is 39.8 Å². The zero-order valence-corrected chi connectivity index (χ0v) is 13.2. The highest BCUT2D eigenvalue weighted by atomic mass is 79.9. The molecule has 1 aromatic carbocycles. The molecule has 0 aliphatic carbocycles. The molecule has 2 N–H and O–H groups in total. The first-order valence-corrected chi connectivity index (χ1v) is 6.88. The molecule has 3 amide bonds. The lowest BCUT2D eigenvalue weighted by atomic mass is 10.2. The van der Waals surface area contributed by atoms with E-state index in [-0.39, 0.29) is 13.2 Å². The molecule has 0 unspecified atom stereocenters. The van der Waals surface area contributed by atoms with E-state index in [2.05, 4.69) is 33.1 Å². The van der Waals surface area contributed by atoms with Crippen molar-refractivity contribution < 1.29 is 14.3 Å². The van der Waals surface area contributed by atoms with Crippen LogP contribution in [0.3, 0.4) is 0 Å². The number of aryl methyl sites for hydroxylation is 1. The molecule has 0 heterocycles. The molecule has 0 aliphatic rings. The first kappa shape index (κ1) is 16.5. The maximum Gasteiger partial charge on any atom is 0.321 e. The van der Waals surface area contributed by atoms with Crippen molar-refractivity contribution in [2.75, 3.05) is 13.2 Å². The van der Waals surface area contributed by atoms with E-state index >= 15 is 0 Å². The number of amides is 3. The minimum atomic E-state index is -0.600. The van der Waals surface area contributed by atoms with Crippen LogP contribution in [0, 0.1) is 6.92 Å². The van der Waals surface area contributed by atoms with Gasteiger partial charge in [0.05, 0.1) is 5.02 Å². The molecule has 0 atom stereocenters. The number of hydrogen-bond acceptors (Lipinski definition) is 3. The van der Waals surface area contributed by atoms with Gasteiger partial charge in [-0.05, 0) is 24.6 Å². The highest BCUT2D eigenvalue weighted by Crippen LogP contribution is 2.31. The van der Waals surface area contributed by atoms with Gasteiger partial charge in [0, 0.05) is 11.0 Å². The number of rotatable bonds is 5. The molecule has 0 saturated heterocycles. The van der Waals surface area contributed by atoms with E-state index in [1.807, 2.05) is 6.07 Å². The van der Waals surface area contributed by atoms with Crippen LogP contribution in [-0.2, 0) is 4.79 Å². The van der Waals surface area contributed by atoms with Crippen molar-refractivity contribution in [1.29, 1.82) is 0 Å². The van der Waals surface area contributed by atoms with Gasteiger partial charge in [-0.3, -0.25) is 10.1 Å². The third-order valence-corrected chi connectivity index (χ3v) is 2.94. The van der Waals surface area contributed by atoms with E-state index in [9.17, 15) is 9.59 Å². The minimum Gasteiger partial charge on any atom is -0.482 e. The summed E-state index contributed by atoms with van der Waals surface area (Å²) < 4.78 is 6.14. The number of benzene rings is 1. The standard InChI is InChI=1S/C13H14BrClN2O3/c1-3-4-16-13(19)17-11(18)7-20-12-8(2)5-9(14)6-10(12)15/h3,5-6H,1,4,7H2,2H3,(H2,16,17,18,19). The van der Waals surface area contributed by atoms with E-state index in [1.54, 1.807) is 13.0 Å². The van der Waals surface area contributed by atoms with Crippen LogP contribution in [-0.4, -0.2) is 25.1 Å². The second kappa shape index (κ2) is 7.91. The largest absolute Gasteiger partial charge is 0.482 e. The average molecular weight is 362 g/mol. The Balaban J connectivity index is 2.53. The summed E-state index contributed by atoms with van der Waals surface area (Å²) in [7, 11) is 0. The summed E-state index contributed by atoms with van der Waals surface area (Å²) in [4.78, 5) is 22.7. The number of imide groups is 1. The molecule has 0 aliphatic heterocycles. The molecule has 1 rings (SSSR count). The molecular weight excluding hydrogens is 348 g/mol. The number of carbonyl (C=O) groups excluding carboxylic acids is 2. The molecule has 7 heteroatoms. The maximum atomic E-state index is 11.5. The van der Waals surface area contributed by atoms with Gasteiger partial charge >= 0.3 is 6.03 Å². The van der Waals surface area contributed by atoms with Crippen molar-refractivity contribution in [2.24, 2.45) is 0 Å². The number of carbonyl (C=O) groups is 2. The van der Waals surface area contributed by atoms with Crippen LogP contribution >= 0.6 is 27.5 Å². The second-order valence-corrected chi connectivity index (χ2v) is 5.19. The molecule has 0 spiro atoms. The summed E-state index contributed by atoms with van der Waals surface area (Å²) >= 11 is 9.32. The van der Waals surface area contributed by atoms with Gasteiger partial charge in [-0.15, -0.1) is 6.58 Å². The van der Waals surface area contributed by atoms with Crippen molar-refractivity contribution in [1.82, 2.24) is 10.6 Å². The molecular formula is C13H14BrClN2O3. The lowest BCUT2D eigenvalue weighted by molar-refractivity contribution is -0.122. The number of hydrogen-bond donors (Lipinski definition) is 2. The van der Waals surface area contributed by atoms with Crippen LogP contribution in [0.5, 0.6) is 5.75 Å². The van der Waals surface area contributed by atoms with Crippen molar-refractivity contribution in [3.63, 3.8) is 0 Å². The van der Waals surface area contributed by atoms with Crippen LogP contribution < -0.4 is 15.4 Å².